The molecular formula is C23H15BrClNO3. The van der Waals surface area contributed by atoms with Gasteiger partial charge in [0.05, 0.1) is 10.6 Å². The number of hydrogen-bond acceptors (Lipinski definition) is 4. The molecule has 4 rings (SSSR count). The molecule has 0 spiro atoms. The molecule has 3 aromatic rings. The first-order chi connectivity index (χ1) is 14.1. The number of carbonyl (C=O) groups is 1. The van der Waals surface area contributed by atoms with Crippen LogP contribution >= 0.6 is 27.5 Å². The molecule has 0 N–H and O–H groups in total. The van der Waals surface area contributed by atoms with E-state index in [1.807, 2.05) is 54.6 Å². The second kappa shape index (κ2) is 8.64. The summed E-state index contributed by atoms with van der Waals surface area (Å²) in [6, 6.07) is 22.5. The molecule has 0 bridgehead atoms. The van der Waals surface area contributed by atoms with E-state index in [1.165, 1.54) is 0 Å². The van der Waals surface area contributed by atoms with E-state index in [9.17, 15) is 4.79 Å². The minimum Gasteiger partial charge on any atom is -0.489 e. The zero-order valence-corrected chi connectivity index (χ0v) is 17.5. The number of nitrogens with zero attached hydrogens (tertiary/aromatic N) is 1. The number of esters is 1. The van der Waals surface area contributed by atoms with Crippen molar-refractivity contribution in [1.82, 2.24) is 0 Å². The van der Waals surface area contributed by atoms with Crippen molar-refractivity contribution in [2.75, 3.05) is 0 Å². The molecule has 0 aromatic heterocycles. The summed E-state index contributed by atoms with van der Waals surface area (Å²) in [4.78, 5) is 16.4. The molecule has 0 fully saturated rings. The van der Waals surface area contributed by atoms with Crippen molar-refractivity contribution in [2.45, 2.75) is 6.61 Å². The van der Waals surface area contributed by atoms with E-state index in [0.717, 1.165) is 21.3 Å². The molecular weight excluding hydrogens is 454 g/mol. The van der Waals surface area contributed by atoms with Crippen molar-refractivity contribution >= 4 is 45.5 Å². The van der Waals surface area contributed by atoms with Gasteiger partial charge >= 0.3 is 5.97 Å². The van der Waals surface area contributed by atoms with Gasteiger partial charge in [-0.15, -0.1) is 0 Å². The lowest BCUT2D eigenvalue weighted by Crippen LogP contribution is -2.05. The minimum absolute atomic E-state index is 0.209. The second-order valence-corrected chi connectivity index (χ2v) is 7.63. The highest BCUT2D eigenvalue weighted by Gasteiger charge is 2.25. The lowest BCUT2D eigenvalue weighted by Gasteiger charge is -2.07. The largest absolute Gasteiger partial charge is 0.489 e. The van der Waals surface area contributed by atoms with E-state index < -0.39 is 5.97 Å². The fourth-order valence-electron chi connectivity index (χ4n) is 2.77. The Balaban J connectivity index is 1.47. The van der Waals surface area contributed by atoms with E-state index >= 15 is 0 Å². The highest BCUT2D eigenvalue weighted by Crippen LogP contribution is 2.24. The molecule has 29 heavy (non-hydrogen) atoms. The van der Waals surface area contributed by atoms with Crippen LogP contribution in [0, 0.1) is 0 Å². The van der Waals surface area contributed by atoms with Gasteiger partial charge in [-0.05, 0) is 53.6 Å². The molecule has 0 atom stereocenters. The average molecular weight is 469 g/mol. The monoisotopic (exact) mass is 467 g/mol. The van der Waals surface area contributed by atoms with E-state index in [2.05, 4.69) is 20.9 Å². The summed E-state index contributed by atoms with van der Waals surface area (Å²) in [5.41, 5.74) is 2.70. The normalized spacial score (nSPS) is 14.6. The van der Waals surface area contributed by atoms with Crippen LogP contribution in [0.2, 0.25) is 5.02 Å². The van der Waals surface area contributed by atoms with Gasteiger partial charge in [0.15, 0.2) is 5.70 Å². The van der Waals surface area contributed by atoms with Gasteiger partial charge in [-0.1, -0.05) is 63.9 Å². The van der Waals surface area contributed by atoms with Crippen LogP contribution < -0.4 is 4.74 Å². The third-order valence-electron chi connectivity index (χ3n) is 4.20. The van der Waals surface area contributed by atoms with Crippen LogP contribution in [0.15, 0.2) is 88.0 Å². The fourth-order valence-corrected chi connectivity index (χ4v) is 3.43. The van der Waals surface area contributed by atoms with Gasteiger partial charge in [0.1, 0.15) is 12.4 Å². The van der Waals surface area contributed by atoms with Crippen molar-refractivity contribution in [3.63, 3.8) is 0 Å². The van der Waals surface area contributed by atoms with Crippen LogP contribution in [0.1, 0.15) is 16.7 Å². The first-order valence-electron chi connectivity index (χ1n) is 8.83. The van der Waals surface area contributed by atoms with Gasteiger partial charge in [-0.25, -0.2) is 9.79 Å². The van der Waals surface area contributed by atoms with Crippen LogP contribution in [-0.2, 0) is 16.1 Å². The predicted octanol–water partition coefficient (Wildman–Crippen LogP) is 6.03. The van der Waals surface area contributed by atoms with Crippen molar-refractivity contribution in [2.24, 2.45) is 4.99 Å². The number of halogens is 2. The first-order valence-corrected chi connectivity index (χ1v) is 10.0. The number of aliphatic imine (C=N–C) groups is 1. The molecule has 1 aliphatic rings. The summed E-state index contributed by atoms with van der Waals surface area (Å²) in [5, 5.41) is 0.479. The summed E-state index contributed by atoms with van der Waals surface area (Å²) in [6.07, 6.45) is 1.67. The Morgan fingerprint density at radius 1 is 1.03 bits per heavy atom. The lowest BCUT2D eigenvalue weighted by atomic mass is 10.2. The van der Waals surface area contributed by atoms with Gasteiger partial charge in [0, 0.05) is 4.47 Å². The maximum absolute atomic E-state index is 12.2. The van der Waals surface area contributed by atoms with Crippen molar-refractivity contribution in [1.29, 1.82) is 0 Å². The zero-order valence-electron chi connectivity index (χ0n) is 15.1. The molecule has 1 heterocycles. The van der Waals surface area contributed by atoms with E-state index in [1.54, 1.807) is 24.3 Å². The van der Waals surface area contributed by atoms with Gasteiger partial charge in [-0.2, -0.15) is 0 Å². The maximum Gasteiger partial charge on any atom is 0.363 e. The third-order valence-corrected chi connectivity index (χ3v) is 5.03. The SMILES string of the molecule is O=C1OC(c2ccccc2Cl)=N/C1=C\c1ccc(OCc2cccc(Br)c2)cc1. The highest BCUT2D eigenvalue weighted by atomic mass is 79.9. The molecule has 4 nitrogen and oxygen atoms in total. The summed E-state index contributed by atoms with van der Waals surface area (Å²) in [5.74, 6) is 0.442. The average Bonchev–Trinajstić information content (AvgIpc) is 3.08. The van der Waals surface area contributed by atoms with Crippen LogP contribution in [0.3, 0.4) is 0 Å². The Hall–Kier alpha value is -2.89. The fraction of sp³-hybridized carbons (Fsp3) is 0.0435. The van der Waals surface area contributed by atoms with E-state index in [-0.39, 0.29) is 11.6 Å². The molecule has 1 aliphatic heterocycles. The molecule has 0 amide bonds. The minimum atomic E-state index is -0.505. The second-order valence-electron chi connectivity index (χ2n) is 6.30. The Kier molecular flexibility index (Phi) is 5.79. The number of ether oxygens (including phenoxy) is 2. The maximum atomic E-state index is 12.2. The Morgan fingerprint density at radius 3 is 2.59 bits per heavy atom. The number of rotatable bonds is 5. The predicted molar refractivity (Wildman–Crippen MR) is 117 cm³/mol. The molecule has 144 valence electrons. The number of carbonyl (C=O) groups excluding carboxylic acids is 1. The van der Waals surface area contributed by atoms with Crippen LogP contribution in [0.25, 0.3) is 6.08 Å². The van der Waals surface area contributed by atoms with Crippen LogP contribution in [0.4, 0.5) is 0 Å². The smallest absolute Gasteiger partial charge is 0.363 e. The molecule has 0 saturated heterocycles. The molecule has 0 unspecified atom stereocenters. The molecule has 0 radical (unpaired) electrons. The molecule has 3 aromatic carbocycles. The number of cyclic esters (lactones) is 1. The Bertz CT molecular complexity index is 1120. The van der Waals surface area contributed by atoms with Gasteiger partial charge < -0.3 is 9.47 Å². The zero-order chi connectivity index (χ0) is 20.2. The molecule has 0 aliphatic carbocycles. The number of hydrogen-bond donors (Lipinski definition) is 0. The van der Waals surface area contributed by atoms with Crippen molar-refractivity contribution < 1.29 is 14.3 Å². The summed E-state index contributed by atoms with van der Waals surface area (Å²) < 4.78 is 12.1. The first kappa shape index (κ1) is 19.4. The lowest BCUT2D eigenvalue weighted by molar-refractivity contribution is -0.129. The van der Waals surface area contributed by atoms with Gasteiger partial charge in [-0.3, -0.25) is 0 Å². The van der Waals surface area contributed by atoms with Crippen LogP contribution in [-0.4, -0.2) is 11.9 Å². The summed E-state index contributed by atoms with van der Waals surface area (Å²) in [7, 11) is 0. The van der Waals surface area contributed by atoms with Crippen LogP contribution in [0.5, 0.6) is 5.75 Å². The van der Waals surface area contributed by atoms with Gasteiger partial charge in [0.25, 0.3) is 0 Å². The summed E-state index contributed by atoms with van der Waals surface area (Å²) >= 11 is 9.60. The van der Waals surface area contributed by atoms with E-state index in [0.29, 0.717) is 17.2 Å². The Morgan fingerprint density at radius 2 is 1.83 bits per heavy atom. The highest BCUT2D eigenvalue weighted by molar-refractivity contribution is 9.10. The summed E-state index contributed by atoms with van der Waals surface area (Å²) in [6.45, 7) is 0.470. The van der Waals surface area contributed by atoms with Crippen molar-refractivity contribution in [3.05, 3.63) is 105 Å². The molecule has 0 saturated carbocycles. The standard InChI is InChI=1S/C23H15BrClNO3/c24-17-5-3-4-16(12-17)14-28-18-10-8-15(9-11-18)13-21-23(27)29-22(26-21)19-6-1-2-7-20(19)25/h1-13H,14H2/b21-13-. The third kappa shape index (κ3) is 4.75. The van der Waals surface area contributed by atoms with Gasteiger partial charge in [0.2, 0.25) is 5.90 Å². The molecule has 6 heteroatoms. The van der Waals surface area contributed by atoms with Crippen molar-refractivity contribution in [3.8, 4) is 5.75 Å². The quantitative estimate of drug-likeness (QED) is 0.339. The topological polar surface area (TPSA) is 47.9 Å². The Labute approximate surface area is 181 Å². The number of benzene rings is 3. The van der Waals surface area contributed by atoms with E-state index in [4.69, 9.17) is 21.1 Å².